The van der Waals surface area contributed by atoms with Gasteiger partial charge in [-0.2, -0.15) is 0 Å². The highest BCUT2D eigenvalue weighted by atomic mass is 35.5. The molecule has 0 unspecified atom stereocenters. The Morgan fingerprint density at radius 3 is 2.50 bits per heavy atom. The van der Waals surface area contributed by atoms with Gasteiger partial charge in [-0.25, -0.2) is 0 Å². The van der Waals surface area contributed by atoms with Crippen LogP contribution in [0.2, 0.25) is 5.02 Å². The van der Waals surface area contributed by atoms with Crippen LogP contribution in [0.25, 0.3) is 0 Å². The van der Waals surface area contributed by atoms with Gasteiger partial charge in [0.25, 0.3) is 0 Å². The molecule has 7 nitrogen and oxygen atoms in total. The summed E-state index contributed by atoms with van der Waals surface area (Å²) < 4.78 is 5.89. The normalized spacial score (nSPS) is 27.9. The number of thioether (sulfide) groups is 1. The summed E-state index contributed by atoms with van der Waals surface area (Å²) >= 11 is 8.60. The maximum Gasteiger partial charge on any atom is 0.234 e. The molecule has 4 aliphatic carbocycles. The lowest BCUT2D eigenvalue weighted by Crippen LogP contribution is -2.51. The highest BCUT2D eigenvalue weighted by molar-refractivity contribution is 8.01. The number of rotatable bonds is 7. The highest BCUT2D eigenvalue weighted by Gasteiger charge is 2.54. The molecular weight excluding hydrogens is 468 g/mol. The van der Waals surface area contributed by atoms with Crippen LogP contribution in [0.15, 0.2) is 22.5 Å². The van der Waals surface area contributed by atoms with Crippen molar-refractivity contribution in [3.63, 3.8) is 0 Å². The number of carbonyl (C=O) groups excluding carboxylic acids is 2. The average molecular weight is 493 g/mol. The Labute approximate surface area is 200 Å². The lowest BCUT2D eigenvalue weighted by molar-refractivity contribution is -0.140. The van der Waals surface area contributed by atoms with Crippen LogP contribution in [0.3, 0.4) is 0 Å². The van der Waals surface area contributed by atoms with Gasteiger partial charge in [-0.1, -0.05) is 34.7 Å². The van der Waals surface area contributed by atoms with Crippen LogP contribution < -0.4 is 15.4 Å². The lowest BCUT2D eigenvalue weighted by Gasteiger charge is -2.55. The van der Waals surface area contributed by atoms with E-state index in [-0.39, 0.29) is 23.0 Å². The van der Waals surface area contributed by atoms with Crippen LogP contribution in [-0.2, 0) is 9.59 Å². The molecule has 10 heteroatoms. The first-order valence-electron chi connectivity index (χ1n) is 10.8. The summed E-state index contributed by atoms with van der Waals surface area (Å²) in [6, 6.07) is 5.05. The van der Waals surface area contributed by atoms with Crippen LogP contribution >= 0.6 is 34.7 Å². The summed E-state index contributed by atoms with van der Waals surface area (Å²) in [5.41, 5.74) is 0.301. The Hall–Kier alpha value is -1.84. The molecule has 4 saturated carbocycles. The fourth-order valence-electron chi connectivity index (χ4n) is 6.03. The van der Waals surface area contributed by atoms with Crippen molar-refractivity contribution in [2.24, 2.45) is 23.2 Å². The van der Waals surface area contributed by atoms with Crippen molar-refractivity contribution < 1.29 is 14.3 Å². The van der Waals surface area contributed by atoms with Crippen molar-refractivity contribution in [2.75, 3.05) is 23.5 Å². The quantitative estimate of drug-likeness (QED) is 0.413. The molecule has 0 radical (unpaired) electrons. The van der Waals surface area contributed by atoms with Crippen molar-refractivity contribution in [3.8, 4) is 5.75 Å². The van der Waals surface area contributed by atoms with Gasteiger partial charge in [0.05, 0.1) is 24.0 Å². The standard InChI is InChI=1S/C22H25ClN4O3S2/c1-30-17-3-2-15(23)7-16(17)24-18(28)11-31-21-27-26-20(32-21)25-19(29)22-8-12-4-13(9-22)6-14(5-12)10-22/h2-3,7,12-14H,4-6,8-11H2,1H3,(H,24,28)(H,25,26,29). The summed E-state index contributed by atoms with van der Waals surface area (Å²) in [5.74, 6) is 2.74. The molecule has 1 aromatic heterocycles. The van der Waals surface area contributed by atoms with Gasteiger partial charge >= 0.3 is 0 Å². The Kier molecular flexibility index (Phi) is 6.07. The highest BCUT2D eigenvalue weighted by Crippen LogP contribution is 2.60. The zero-order chi connectivity index (χ0) is 22.3. The van der Waals surface area contributed by atoms with E-state index in [1.54, 1.807) is 18.2 Å². The van der Waals surface area contributed by atoms with Gasteiger partial charge < -0.3 is 15.4 Å². The first kappa shape index (κ1) is 22.0. The van der Waals surface area contributed by atoms with E-state index >= 15 is 0 Å². The number of ether oxygens (including phenoxy) is 1. The third-order valence-corrected chi connectivity index (χ3v) is 9.12. The van der Waals surface area contributed by atoms with E-state index in [9.17, 15) is 9.59 Å². The number of anilines is 2. The maximum atomic E-state index is 13.2. The predicted molar refractivity (Wildman–Crippen MR) is 127 cm³/mol. The molecule has 2 amide bonds. The monoisotopic (exact) mass is 492 g/mol. The molecular formula is C22H25ClN4O3S2. The fourth-order valence-corrected chi connectivity index (χ4v) is 7.75. The van der Waals surface area contributed by atoms with Crippen LogP contribution in [0.4, 0.5) is 10.8 Å². The molecule has 2 aromatic rings. The minimum Gasteiger partial charge on any atom is -0.495 e. The Balaban J connectivity index is 1.16. The first-order chi connectivity index (χ1) is 15.4. The minimum atomic E-state index is -0.219. The molecule has 170 valence electrons. The second-order valence-corrected chi connectivity index (χ2v) is 11.8. The smallest absolute Gasteiger partial charge is 0.234 e. The van der Waals surface area contributed by atoms with Gasteiger partial charge in [-0.15, -0.1) is 10.2 Å². The third kappa shape index (κ3) is 4.47. The van der Waals surface area contributed by atoms with E-state index in [4.69, 9.17) is 16.3 Å². The largest absolute Gasteiger partial charge is 0.495 e. The van der Waals surface area contributed by atoms with Crippen molar-refractivity contribution in [2.45, 2.75) is 42.9 Å². The molecule has 4 fully saturated rings. The Bertz CT molecular complexity index is 1010. The van der Waals surface area contributed by atoms with E-state index in [1.807, 2.05) is 0 Å². The zero-order valence-electron chi connectivity index (χ0n) is 17.7. The van der Waals surface area contributed by atoms with Crippen molar-refractivity contribution in [1.29, 1.82) is 0 Å². The molecule has 0 saturated heterocycles. The van der Waals surface area contributed by atoms with E-state index in [0.29, 0.717) is 43.7 Å². The number of nitrogens with one attached hydrogen (secondary N) is 2. The number of aromatic nitrogens is 2. The summed E-state index contributed by atoms with van der Waals surface area (Å²) in [6.07, 6.45) is 6.94. The average Bonchev–Trinajstić information content (AvgIpc) is 3.19. The SMILES string of the molecule is COc1ccc(Cl)cc1NC(=O)CSc1nnc(NC(=O)C23CC4CC(CC(C4)C2)C3)s1. The van der Waals surface area contributed by atoms with Gasteiger partial charge in [0.2, 0.25) is 16.9 Å². The summed E-state index contributed by atoms with van der Waals surface area (Å²) in [6.45, 7) is 0. The maximum absolute atomic E-state index is 13.2. The van der Waals surface area contributed by atoms with Crippen molar-refractivity contribution >= 4 is 57.3 Å². The van der Waals surface area contributed by atoms with Crippen LogP contribution in [-0.4, -0.2) is 34.9 Å². The third-order valence-electron chi connectivity index (χ3n) is 6.91. The second kappa shape index (κ2) is 8.83. The Morgan fingerprint density at radius 2 is 1.84 bits per heavy atom. The number of methoxy groups -OCH3 is 1. The van der Waals surface area contributed by atoms with E-state index in [0.717, 1.165) is 19.3 Å². The summed E-state index contributed by atoms with van der Waals surface area (Å²) in [5, 5.41) is 15.1. The number of halogens is 1. The van der Waals surface area contributed by atoms with Gasteiger partial charge in [0.15, 0.2) is 4.34 Å². The van der Waals surface area contributed by atoms with Crippen LogP contribution in [0, 0.1) is 23.2 Å². The van der Waals surface area contributed by atoms with Gasteiger partial charge in [0, 0.05) is 5.02 Å². The number of amides is 2. The number of benzene rings is 1. The molecule has 0 atom stereocenters. The first-order valence-corrected chi connectivity index (χ1v) is 13.0. The lowest BCUT2D eigenvalue weighted by atomic mass is 9.49. The van der Waals surface area contributed by atoms with Crippen molar-refractivity contribution in [1.82, 2.24) is 10.2 Å². The minimum absolute atomic E-state index is 0.107. The summed E-state index contributed by atoms with van der Waals surface area (Å²) in [4.78, 5) is 25.5. The van der Waals surface area contributed by atoms with Crippen LogP contribution in [0.1, 0.15) is 38.5 Å². The number of carbonyl (C=O) groups is 2. The molecule has 4 bridgehead atoms. The fraction of sp³-hybridized carbons (Fsp3) is 0.545. The number of nitrogens with zero attached hydrogens (tertiary/aromatic N) is 2. The number of hydrogen-bond acceptors (Lipinski definition) is 7. The molecule has 1 aromatic carbocycles. The zero-order valence-corrected chi connectivity index (χ0v) is 20.1. The van der Waals surface area contributed by atoms with E-state index < -0.39 is 0 Å². The Morgan fingerprint density at radius 1 is 1.16 bits per heavy atom. The second-order valence-electron chi connectivity index (χ2n) is 9.21. The molecule has 6 rings (SSSR count). The topological polar surface area (TPSA) is 93.2 Å². The van der Waals surface area contributed by atoms with Gasteiger partial charge in [0.1, 0.15) is 5.75 Å². The van der Waals surface area contributed by atoms with Gasteiger partial charge in [-0.3, -0.25) is 9.59 Å². The van der Waals surface area contributed by atoms with E-state index in [1.165, 1.54) is 49.5 Å². The molecule has 0 aliphatic heterocycles. The molecule has 0 spiro atoms. The predicted octanol–water partition coefficient (Wildman–Crippen LogP) is 5.09. The van der Waals surface area contributed by atoms with Crippen LogP contribution in [0.5, 0.6) is 5.75 Å². The molecule has 32 heavy (non-hydrogen) atoms. The number of hydrogen-bond donors (Lipinski definition) is 2. The summed E-state index contributed by atoms with van der Waals surface area (Å²) in [7, 11) is 1.54. The molecule has 1 heterocycles. The van der Waals surface area contributed by atoms with Crippen molar-refractivity contribution in [3.05, 3.63) is 23.2 Å². The molecule has 2 N–H and O–H groups in total. The van der Waals surface area contributed by atoms with Gasteiger partial charge in [-0.05, 0) is 74.5 Å². The van der Waals surface area contributed by atoms with E-state index in [2.05, 4.69) is 20.8 Å². The molecule has 4 aliphatic rings.